The number of aromatic nitrogens is 1. The summed E-state index contributed by atoms with van der Waals surface area (Å²) in [6.07, 6.45) is 0. The molecule has 0 amide bonds. The van der Waals surface area contributed by atoms with Gasteiger partial charge in [0.15, 0.2) is 0 Å². The van der Waals surface area contributed by atoms with Gasteiger partial charge in [0, 0.05) is 15.7 Å². The summed E-state index contributed by atoms with van der Waals surface area (Å²) in [5.74, 6) is 1.42. The van der Waals surface area contributed by atoms with Crippen LogP contribution in [0.15, 0.2) is 28.7 Å². The molecule has 0 aliphatic carbocycles. The highest BCUT2D eigenvalue weighted by molar-refractivity contribution is 9.10. The van der Waals surface area contributed by atoms with Gasteiger partial charge in [-0.15, -0.1) is 11.6 Å². The van der Waals surface area contributed by atoms with Gasteiger partial charge in [-0.3, -0.25) is 0 Å². The molecule has 0 unspecified atom stereocenters. The van der Waals surface area contributed by atoms with Crippen molar-refractivity contribution in [3.63, 3.8) is 0 Å². The van der Waals surface area contributed by atoms with Crippen LogP contribution in [0.1, 0.15) is 16.8 Å². The molecular formula is C14H12BrCl2NO. The first-order valence-corrected chi connectivity index (χ1v) is 7.38. The zero-order chi connectivity index (χ0) is 14.0. The molecule has 5 heteroatoms. The molecule has 0 saturated heterocycles. The summed E-state index contributed by atoms with van der Waals surface area (Å²) in [6, 6.07) is 7.42. The van der Waals surface area contributed by atoms with Crippen molar-refractivity contribution in [2.75, 3.05) is 0 Å². The zero-order valence-corrected chi connectivity index (χ0v) is 13.6. The van der Waals surface area contributed by atoms with Crippen molar-refractivity contribution >= 4 is 39.1 Å². The third kappa shape index (κ3) is 3.41. The van der Waals surface area contributed by atoms with E-state index in [4.69, 9.17) is 27.9 Å². The predicted molar refractivity (Wildman–Crippen MR) is 82.5 cm³/mol. The number of hydrogen-bond donors (Lipinski definition) is 0. The van der Waals surface area contributed by atoms with Crippen molar-refractivity contribution in [3.8, 4) is 11.6 Å². The molecule has 0 fully saturated rings. The average Bonchev–Trinajstić information content (AvgIpc) is 2.32. The number of alkyl halides is 1. The Morgan fingerprint density at radius 3 is 2.63 bits per heavy atom. The van der Waals surface area contributed by atoms with E-state index in [9.17, 15) is 0 Å². The number of hydrogen-bond acceptors (Lipinski definition) is 2. The number of benzene rings is 1. The summed E-state index contributed by atoms with van der Waals surface area (Å²) in [5, 5.41) is 0.524. The number of pyridine rings is 1. The van der Waals surface area contributed by atoms with Gasteiger partial charge in [-0.05, 0) is 43.7 Å². The molecule has 0 aliphatic heterocycles. The van der Waals surface area contributed by atoms with Crippen LogP contribution in [0.5, 0.6) is 11.6 Å². The van der Waals surface area contributed by atoms with Crippen LogP contribution in [-0.4, -0.2) is 4.98 Å². The average molecular weight is 361 g/mol. The summed E-state index contributed by atoms with van der Waals surface area (Å²) in [6.45, 7) is 3.91. The summed E-state index contributed by atoms with van der Waals surface area (Å²) in [4.78, 5) is 4.39. The summed E-state index contributed by atoms with van der Waals surface area (Å²) >= 11 is 15.5. The van der Waals surface area contributed by atoms with Crippen LogP contribution in [0.3, 0.4) is 0 Å². The molecule has 19 heavy (non-hydrogen) atoms. The molecule has 0 saturated carbocycles. The molecule has 100 valence electrons. The van der Waals surface area contributed by atoms with Crippen LogP contribution in [0.4, 0.5) is 0 Å². The molecule has 0 N–H and O–H groups in total. The lowest BCUT2D eigenvalue weighted by Crippen LogP contribution is -1.98. The second-order valence-electron chi connectivity index (χ2n) is 4.17. The fourth-order valence-electron chi connectivity index (χ4n) is 1.74. The van der Waals surface area contributed by atoms with Crippen molar-refractivity contribution in [2.45, 2.75) is 19.7 Å². The first-order chi connectivity index (χ1) is 9.01. The lowest BCUT2D eigenvalue weighted by atomic mass is 10.1. The van der Waals surface area contributed by atoms with Gasteiger partial charge >= 0.3 is 0 Å². The van der Waals surface area contributed by atoms with E-state index in [2.05, 4.69) is 20.9 Å². The van der Waals surface area contributed by atoms with Gasteiger partial charge in [0.2, 0.25) is 5.88 Å². The van der Waals surface area contributed by atoms with Crippen molar-refractivity contribution in [2.24, 2.45) is 0 Å². The Bertz CT molecular complexity index is 617. The highest BCUT2D eigenvalue weighted by Crippen LogP contribution is 2.33. The van der Waals surface area contributed by atoms with Crippen molar-refractivity contribution in [3.05, 3.63) is 50.6 Å². The molecule has 1 heterocycles. The molecule has 0 atom stereocenters. The van der Waals surface area contributed by atoms with E-state index in [0.29, 0.717) is 22.5 Å². The lowest BCUT2D eigenvalue weighted by Gasteiger charge is -2.13. The van der Waals surface area contributed by atoms with Crippen molar-refractivity contribution in [1.29, 1.82) is 0 Å². The zero-order valence-electron chi connectivity index (χ0n) is 10.5. The maximum atomic E-state index is 6.14. The minimum atomic E-state index is 0.350. The van der Waals surface area contributed by atoms with Crippen molar-refractivity contribution < 1.29 is 4.74 Å². The summed E-state index contributed by atoms with van der Waals surface area (Å²) < 4.78 is 6.70. The molecule has 0 bridgehead atoms. The number of ether oxygens (including phenoxy) is 1. The van der Waals surface area contributed by atoms with Gasteiger partial charge in [0.05, 0.1) is 10.9 Å². The third-order valence-electron chi connectivity index (χ3n) is 2.67. The quantitative estimate of drug-likeness (QED) is 0.660. The second-order valence-corrected chi connectivity index (χ2v) is 5.76. The minimum Gasteiger partial charge on any atom is -0.437 e. The van der Waals surface area contributed by atoms with Crippen LogP contribution in [-0.2, 0) is 5.88 Å². The molecule has 1 aromatic carbocycles. The lowest BCUT2D eigenvalue weighted by molar-refractivity contribution is 0.456. The fraction of sp³-hybridized carbons (Fsp3) is 0.214. The van der Waals surface area contributed by atoms with E-state index in [1.807, 2.05) is 26.0 Å². The van der Waals surface area contributed by atoms with E-state index in [1.54, 1.807) is 12.1 Å². The first kappa shape index (κ1) is 14.6. The van der Waals surface area contributed by atoms with E-state index in [-0.39, 0.29) is 0 Å². The van der Waals surface area contributed by atoms with E-state index < -0.39 is 0 Å². The summed E-state index contributed by atoms with van der Waals surface area (Å²) in [5.41, 5.74) is 2.83. The highest BCUT2D eigenvalue weighted by atomic mass is 79.9. The topological polar surface area (TPSA) is 22.1 Å². The van der Waals surface area contributed by atoms with Crippen LogP contribution < -0.4 is 4.74 Å². The van der Waals surface area contributed by atoms with Crippen LogP contribution in [0.2, 0.25) is 5.02 Å². The summed E-state index contributed by atoms with van der Waals surface area (Å²) in [7, 11) is 0. The minimum absolute atomic E-state index is 0.350. The standard InChI is InChI=1S/C14H12BrCl2NO/c1-8-5-9(2)18-14(11(8)7-16)19-13-4-3-10(15)6-12(13)17/h3-6H,7H2,1-2H3. The van der Waals surface area contributed by atoms with Gasteiger partial charge < -0.3 is 4.74 Å². The molecule has 2 rings (SSSR count). The molecule has 2 nitrogen and oxygen atoms in total. The van der Waals surface area contributed by atoms with Crippen LogP contribution >= 0.6 is 39.1 Å². The normalized spacial score (nSPS) is 10.6. The maximum absolute atomic E-state index is 6.14. The largest absolute Gasteiger partial charge is 0.437 e. The van der Waals surface area contributed by atoms with E-state index in [0.717, 1.165) is 21.3 Å². The molecule has 0 radical (unpaired) electrons. The Morgan fingerprint density at radius 2 is 2.00 bits per heavy atom. The monoisotopic (exact) mass is 359 g/mol. The molecule has 0 spiro atoms. The van der Waals surface area contributed by atoms with Crippen LogP contribution in [0.25, 0.3) is 0 Å². The van der Waals surface area contributed by atoms with Gasteiger partial charge in [0.1, 0.15) is 5.75 Å². The Hall–Kier alpha value is -0.770. The Kier molecular flexibility index (Phi) is 4.71. The molecular weight excluding hydrogens is 349 g/mol. The third-order valence-corrected chi connectivity index (χ3v) is 3.73. The Balaban J connectivity index is 2.42. The fourth-order valence-corrected chi connectivity index (χ4v) is 2.78. The smallest absolute Gasteiger partial charge is 0.224 e. The number of aryl methyl sites for hydroxylation is 2. The molecule has 2 aromatic rings. The molecule has 0 aliphatic rings. The van der Waals surface area contributed by atoms with E-state index >= 15 is 0 Å². The van der Waals surface area contributed by atoms with Crippen LogP contribution in [0, 0.1) is 13.8 Å². The Morgan fingerprint density at radius 1 is 1.26 bits per heavy atom. The van der Waals surface area contributed by atoms with Gasteiger partial charge in [0.25, 0.3) is 0 Å². The number of rotatable bonds is 3. The van der Waals surface area contributed by atoms with Gasteiger partial charge in [-0.25, -0.2) is 4.98 Å². The SMILES string of the molecule is Cc1cc(C)c(CCl)c(Oc2ccc(Br)cc2Cl)n1. The second kappa shape index (κ2) is 6.12. The molecule has 1 aromatic heterocycles. The predicted octanol–water partition coefficient (Wildman–Crippen LogP) is 5.65. The maximum Gasteiger partial charge on any atom is 0.224 e. The van der Waals surface area contributed by atoms with Gasteiger partial charge in [-0.1, -0.05) is 27.5 Å². The van der Waals surface area contributed by atoms with Gasteiger partial charge in [-0.2, -0.15) is 0 Å². The first-order valence-electron chi connectivity index (χ1n) is 5.67. The van der Waals surface area contributed by atoms with Crippen molar-refractivity contribution in [1.82, 2.24) is 4.98 Å². The number of halogens is 3. The number of nitrogens with zero attached hydrogens (tertiary/aromatic N) is 1. The Labute approximate surface area is 130 Å². The highest BCUT2D eigenvalue weighted by Gasteiger charge is 2.12. The van der Waals surface area contributed by atoms with E-state index in [1.165, 1.54) is 0 Å².